The molecule has 1 saturated carbocycles. The molecule has 0 aliphatic heterocycles. The Morgan fingerprint density at radius 1 is 1.10 bits per heavy atom. The van der Waals surface area contributed by atoms with E-state index < -0.39 is 0 Å². The molecule has 0 spiro atoms. The molecule has 1 aliphatic carbocycles. The van der Waals surface area contributed by atoms with Crippen LogP contribution in [0.1, 0.15) is 39.4 Å². The van der Waals surface area contributed by atoms with Gasteiger partial charge in [-0.1, -0.05) is 30.3 Å². The van der Waals surface area contributed by atoms with E-state index in [9.17, 15) is 9.18 Å². The first-order chi connectivity index (χ1) is 9.58. The number of carbonyl (C=O) groups is 1. The van der Waals surface area contributed by atoms with E-state index in [1.807, 2.05) is 38.1 Å². The van der Waals surface area contributed by atoms with Crippen LogP contribution in [-0.2, 0) is 0 Å². The van der Waals surface area contributed by atoms with Crippen LogP contribution in [0.3, 0.4) is 0 Å². The third kappa shape index (κ3) is 2.26. The second-order valence-corrected chi connectivity index (χ2v) is 5.63. The van der Waals surface area contributed by atoms with Crippen molar-refractivity contribution in [3.63, 3.8) is 0 Å². The molecule has 3 rings (SSSR count). The molecule has 2 atom stereocenters. The van der Waals surface area contributed by atoms with Gasteiger partial charge in [-0.3, -0.25) is 4.79 Å². The standard InChI is InChI=1S/C18H17FO/c1-11-7-8-13(9-12(11)2)18(20)16-10-15(16)14-5-3-4-6-17(14)19/h3-9,15-16H,10H2,1-2H3. The highest BCUT2D eigenvalue weighted by atomic mass is 19.1. The zero-order valence-electron chi connectivity index (χ0n) is 11.7. The average molecular weight is 268 g/mol. The maximum absolute atomic E-state index is 13.7. The van der Waals surface area contributed by atoms with Crippen molar-refractivity contribution in [1.29, 1.82) is 0 Å². The summed E-state index contributed by atoms with van der Waals surface area (Å²) in [7, 11) is 0. The van der Waals surface area contributed by atoms with E-state index in [0.717, 1.165) is 17.5 Å². The Bertz CT molecular complexity index is 675. The summed E-state index contributed by atoms with van der Waals surface area (Å²) in [6.07, 6.45) is 0.757. The van der Waals surface area contributed by atoms with E-state index in [2.05, 4.69) is 0 Å². The van der Waals surface area contributed by atoms with Gasteiger partial charge in [-0.25, -0.2) is 4.39 Å². The van der Waals surface area contributed by atoms with Crippen molar-refractivity contribution in [1.82, 2.24) is 0 Å². The molecule has 0 bridgehead atoms. The van der Waals surface area contributed by atoms with Crippen LogP contribution < -0.4 is 0 Å². The van der Waals surface area contributed by atoms with Crippen molar-refractivity contribution in [2.24, 2.45) is 5.92 Å². The summed E-state index contributed by atoms with van der Waals surface area (Å²) in [6.45, 7) is 4.04. The van der Waals surface area contributed by atoms with Gasteiger partial charge in [0.2, 0.25) is 0 Å². The SMILES string of the molecule is Cc1ccc(C(=O)C2CC2c2ccccc2F)cc1C. The molecule has 0 saturated heterocycles. The zero-order chi connectivity index (χ0) is 14.3. The topological polar surface area (TPSA) is 17.1 Å². The Hall–Kier alpha value is -1.96. The molecule has 1 aliphatic rings. The average Bonchev–Trinajstić information content (AvgIpc) is 3.22. The predicted octanol–water partition coefficient (Wildman–Crippen LogP) is 4.43. The van der Waals surface area contributed by atoms with Gasteiger partial charge in [0.15, 0.2) is 5.78 Å². The van der Waals surface area contributed by atoms with Crippen molar-refractivity contribution in [2.75, 3.05) is 0 Å². The van der Waals surface area contributed by atoms with Crippen molar-refractivity contribution < 1.29 is 9.18 Å². The molecule has 0 N–H and O–H groups in total. The highest BCUT2D eigenvalue weighted by Gasteiger charge is 2.45. The normalized spacial score (nSPS) is 20.8. The molecule has 0 amide bonds. The van der Waals surface area contributed by atoms with E-state index in [0.29, 0.717) is 5.56 Å². The molecule has 1 nitrogen and oxygen atoms in total. The highest BCUT2D eigenvalue weighted by molar-refractivity contribution is 6.00. The quantitative estimate of drug-likeness (QED) is 0.753. The molecule has 0 heterocycles. The van der Waals surface area contributed by atoms with Crippen LogP contribution in [0.4, 0.5) is 4.39 Å². The summed E-state index contributed by atoms with van der Waals surface area (Å²) in [5, 5.41) is 0. The van der Waals surface area contributed by atoms with Gasteiger partial charge in [0.25, 0.3) is 0 Å². The van der Waals surface area contributed by atoms with Crippen LogP contribution in [-0.4, -0.2) is 5.78 Å². The second kappa shape index (κ2) is 4.86. The van der Waals surface area contributed by atoms with E-state index >= 15 is 0 Å². The van der Waals surface area contributed by atoms with E-state index in [-0.39, 0.29) is 23.4 Å². The second-order valence-electron chi connectivity index (χ2n) is 5.63. The van der Waals surface area contributed by atoms with Gasteiger partial charge in [0.05, 0.1) is 0 Å². The van der Waals surface area contributed by atoms with Crippen molar-refractivity contribution >= 4 is 5.78 Å². The van der Waals surface area contributed by atoms with Gasteiger partial charge < -0.3 is 0 Å². The molecule has 20 heavy (non-hydrogen) atoms. The lowest BCUT2D eigenvalue weighted by Crippen LogP contribution is -2.04. The van der Waals surface area contributed by atoms with Gasteiger partial charge in [-0.05, 0) is 55.0 Å². The summed E-state index contributed by atoms with van der Waals surface area (Å²) in [5.41, 5.74) is 3.73. The molecular weight excluding hydrogens is 251 g/mol. The molecule has 2 aromatic rings. The van der Waals surface area contributed by atoms with Crippen LogP contribution in [0.25, 0.3) is 0 Å². The first-order valence-electron chi connectivity index (χ1n) is 6.94. The van der Waals surface area contributed by atoms with Gasteiger partial charge in [-0.2, -0.15) is 0 Å². The van der Waals surface area contributed by atoms with Gasteiger partial charge in [0, 0.05) is 11.5 Å². The molecule has 102 valence electrons. The maximum atomic E-state index is 13.7. The molecule has 2 aromatic carbocycles. The van der Waals surface area contributed by atoms with E-state index in [1.165, 1.54) is 11.6 Å². The molecule has 2 unspecified atom stereocenters. The molecular formula is C18H17FO. The van der Waals surface area contributed by atoms with Gasteiger partial charge >= 0.3 is 0 Å². The third-order valence-corrected chi connectivity index (χ3v) is 4.22. The lowest BCUT2D eigenvalue weighted by molar-refractivity contribution is 0.0965. The predicted molar refractivity (Wildman–Crippen MR) is 77.5 cm³/mol. The fourth-order valence-corrected chi connectivity index (χ4v) is 2.71. The summed E-state index contributed by atoms with van der Waals surface area (Å²) >= 11 is 0. The number of ketones is 1. The summed E-state index contributed by atoms with van der Waals surface area (Å²) in [6, 6.07) is 12.5. The minimum absolute atomic E-state index is 0.0466. The van der Waals surface area contributed by atoms with Crippen LogP contribution in [0.2, 0.25) is 0 Å². The molecule has 2 heteroatoms. The minimum atomic E-state index is -0.201. The fourth-order valence-electron chi connectivity index (χ4n) is 2.71. The van der Waals surface area contributed by atoms with E-state index in [4.69, 9.17) is 0 Å². The number of carbonyl (C=O) groups excluding carboxylic acids is 1. The van der Waals surface area contributed by atoms with E-state index in [1.54, 1.807) is 12.1 Å². The Kier molecular flexibility index (Phi) is 3.17. The number of halogens is 1. The van der Waals surface area contributed by atoms with Crippen LogP contribution in [0, 0.1) is 25.6 Å². The van der Waals surface area contributed by atoms with Crippen molar-refractivity contribution in [3.05, 3.63) is 70.5 Å². The summed E-state index contributed by atoms with van der Waals surface area (Å²) in [4.78, 5) is 12.4. The Labute approximate surface area is 118 Å². The maximum Gasteiger partial charge on any atom is 0.166 e. The van der Waals surface area contributed by atoms with Crippen LogP contribution in [0.15, 0.2) is 42.5 Å². The number of hydrogen-bond donors (Lipinski definition) is 0. The minimum Gasteiger partial charge on any atom is -0.294 e. The Morgan fingerprint density at radius 3 is 2.55 bits per heavy atom. The monoisotopic (exact) mass is 268 g/mol. The Morgan fingerprint density at radius 2 is 1.85 bits per heavy atom. The Balaban J connectivity index is 1.81. The lowest BCUT2D eigenvalue weighted by Gasteiger charge is -2.05. The van der Waals surface area contributed by atoms with Gasteiger partial charge in [-0.15, -0.1) is 0 Å². The number of hydrogen-bond acceptors (Lipinski definition) is 1. The van der Waals surface area contributed by atoms with Gasteiger partial charge in [0.1, 0.15) is 5.82 Å². The number of aryl methyl sites for hydroxylation is 2. The third-order valence-electron chi connectivity index (χ3n) is 4.22. The first-order valence-corrected chi connectivity index (χ1v) is 6.94. The summed E-state index contributed by atoms with van der Waals surface area (Å²) < 4.78 is 13.7. The first kappa shape index (κ1) is 13.0. The molecule has 0 radical (unpaired) electrons. The number of rotatable bonds is 3. The smallest absolute Gasteiger partial charge is 0.166 e. The zero-order valence-corrected chi connectivity index (χ0v) is 11.7. The van der Waals surface area contributed by atoms with Crippen molar-refractivity contribution in [2.45, 2.75) is 26.2 Å². The highest BCUT2D eigenvalue weighted by Crippen LogP contribution is 2.49. The number of benzene rings is 2. The van der Waals surface area contributed by atoms with Crippen LogP contribution >= 0.6 is 0 Å². The molecule has 0 aromatic heterocycles. The fraction of sp³-hybridized carbons (Fsp3) is 0.278. The lowest BCUT2D eigenvalue weighted by atomic mass is 9.99. The number of Topliss-reactive ketones (excluding diaryl/α,β-unsaturated/α-hetero) is 1. The van der Waals surface area contributed by atoms with Crippen LogP contribution in [0.5, 0.6) is 0 Å². The largest absolute Gasteiger partial charge is 0.294 e. The van der Waals surface area contributed by atoms with Crippen molar-refractivity contribution in [3.8, 4) is 0 Å². The summed E-state index contributed by atoms with van der Waals surface area (Å²) in [5.74, 6) is -0.0754. The molecule has 1 fully saturated rings.